The number of carbonyl (C=O) groups is 2. The molecule has 1 heterocycles. The molecule has 3 aromatic carbocycles. The van der Waals surface area contributed by atoms with Gasteiger partial charge in [0.1, 0.15) is 34.3 Å². The van der Waals surface area contributed by atoms with Crippen molar-refractivity contribution in [1.29, 1.82) is 0 Å². The second-order valence-corrected chi connectivity index (χ2v) is 7.78. The molecule has 0 bridgehead atoms. The molecule has 8 nitrogen and oxygen atoms in total. The summed E-state index contributed by atoms with van der Waals surface area (Å²) in [5.74, 6) is -1.02. The molecule has 2 N–H and O–H groups in total. The summed E-state index contributed by atoms with van der Waals surface area (Å²) in [6.07, 6.45) is 0.253. The summed E-state index contributed by atoms with van der Waals surface area (Å²) in [6, 6.07) is 21.3. The van der Waals surface area contributed by atoms with Crippen molar-refractivity contribution in [1.82, 2.24) is 5.32 Å². The van der Waals surface area contributed by atoms with Crippen LogP contribution in [0.1, 0.15) is 5.56 Å². The largest absolute Gasteiger partial charge is 0.507 e. The summed E-state index contributed by atoms with van der Waals surface area (Å²) in [7, 11) is 1.25. The smallest absolute Gasteiger partial charge is 0.328 e. The summed E-state index contributed by atoms with van der Waals surface area (Å²) in [4.78, 5) is 37.2. The molecule has 0 aliphatic carbocycles. The predicted octanol–water partition coefficient (Wildman–Crippen LogP) is 3.44. The van der Waals surface area contributed by atoms with Crippen molar-refractivity contribution in [3.8, 4) is 22.8 Å². The fourth-order valence-corrected chi connectivity index (χ4v) is 3.64. The van der Waals surface area contributed by atoms with Gasteiger partial charge in [-0.25, -0.2) is 4.79 Å². The van der Waals surface area contributed by atoms with E-state index in [0.717, 1.165) is 5.56 Å². The highest BCUT2D eigenvalue weighted by Crippen LogP contribution is 2.31. The molecule has 1 aromatic heterocycles. The third-order valence-corrected chi connectivity index (χ3v) is 5.32. The normalized spacial score (nSPS) is 11.6. The van der Waals surface area contributed by atoms with Gasteiger partial charge in [0.25, 0.3) is 5.91 Å². The standard InChI is InChI=1S/C27H23NO7/c1-33-27(32)20(12-17-8-4-2-5-9-17)28-25(31)16-34-19-13-21(29)26-22(30)15-23(35-24(26)14-19)18-10-6-3-7-11-18/h2-11,13-15,20,29H,12,16H2,1H3,(H,28,31). The number of benzene rings is 3. The summed E-state index contributed by atoms with van der Waals surface area (Å²) in [6.45, 7) is -0.435. The van der Waals surface area contributed by atoms with Crippen LogP contribution in [-0.2, 0) is 20.7 Å². The van der Waals surface area contributed by atoms with Crippen molar-refractivity contribution in [2.75, 3.05) is 13.7 Å². The minimum atomic E-state index is -0.894. The van der Waals surface area contributed by atoms with E-state index in [9.17, 15) is 19.5 Å². The molecule has 0 radical (unpaired) electrons. The van der Waals surface area contributed by atoms with E-state index in [-0.39, 0.29) is 28.9 Å². The maximum atomic E-state index is 12.6. The SMILES string of the molecule is COC(=O)C(Cc1ccccc1)NC(=O)COc1cc(O)c2c(=O)cc(-c3ccccc3)oc2c1. The van der Waals surface area contributed by atoms with Crippen molar-refractivity contribution in [2.45, 2.75) is 12.5 Å². The Morgan fingerprint density at radius 2 is 1.69 bits per heavy atom. The van der Waals surface area contributed by atoms with Crippen molar-refractivity contribution in [2.24, 2.45) is 0 Å². The van der Waals surface area contributed by atoms with E-state index in [1.54, 1.807) is 12.1 Å². The quantitative estimate of drug-likeness (QED) is 0.377. The van der Waals surface area contributed by atoms with Crippen LogP contribution in [-0.4, -0.2) is 36.7 Å². The van der Waals surface area contributed by atoms with Gasteiger partial charge in [0.2, 0.25) is 0 Å². The minimum Gasteiger partial charge on any atom is -0.507 e. The van der Waals surface area contributed by atoms with Gasteiger partial charge < -0.3 is 24.3 Å². The van der Waals surface area contributed by atoms with Crippen LogP contribution >= 0.6 is 0 Å². The number of hydrogen-bond donors (Lipinski definition) is 2. The first kappa shape index (κ1) is 23.6. The molecule has 1 unspecified atom stereocenters. The molecule has 0 spiro atoms. The van der Waals surface area contributed by atoms with Crippen LogP contribution in [0.5, 0.6) is 11.5 Å². The molecule has 0 fully saturated rings. The average molecular weight is 473 g/mol. The van der Waals surface area contributed by atoms with Crippen LogP contribution in [0, 0.1) is 0 Å². The van der Waals surface area contributed by atoms with Crippen LogP contribution in [0.4, 0.5) is 0 Å². The number of hydrogen-bond acceptors (Lipinski definition) is 7. The lowest BCUT2D eigenvalue weighted by atomic mass is 10.1. The highest BCUT2D eigenvalue weighted by Gasteiger charge is 2.22. The molecule has 0 saturated carbocycles. The minimum absolute atomic E-state index is 0.00935. The molecule has 0 aliphatic heterocycles. The van der Waals surface area contributed by atoms with E-state index in [1.165, 1.54) is 25.3 Å². The van der Waals surface area contributed by atoms with Crippen LogP contribution in [0.15, 0.2) is 88.1 Å². The molecular weight excluding hydrogens is 450 g/mol. The molecule has 0 aliphatic rings. The van der Waals surface area contributed by atoms with Crippen molar-refractivity contribution >= 4 is 22.8 Å². The van der Waals surface area contributed by atoms with Crippen LogP contribution in [0.3, 0.4) is 0 Å². The van der Waals surface area contributed by atoms with Gasteiger partial charge in [0.15, 0.2) is 12.0 Å². The molecule has 1 amide bonds. The van der Waals surface area contributed by atoms with Gasteiger partial charge in [0, 0.05) is 30.2 Å². The first-order valence-corrected chi connectivity index (χ1v) is 10.8. The number of fused-ring (bicyclic) bond motifs is 1. The topological polar surface area (TPSA) is 115 Å². The monoisotopic (exact) mass is 473 g/mol. The predicted molar refractivity (Wildman–Crippen MR) is 129 cm³/mol. The van der Waals surface area contributed by atoms with E-state index in [1.807, 2.05) is 48.5 Å². The van der Waals surface area contributed by atoms with Gasteiger partial charge in [-0.1, -0.05) is 60.7 Å². The summed E-state index contributed by atoms with van der Waals surface area (Å²) in [5.41, 5.74) is 1.26. The van der Waals surface area contributed by atoms with E-state index in [4.69, 9.17) is 13.9 Å². The Bertz CT molecular complexity index is 1400. The maximum absolute atomic E-state index is 12.6. The molecule has 4 rings (SSSR count). The van der Waals surface area contributed by atoms with E-state index in [2.05, 4.69) is 5.32 Å². The first-order chi connectivity index (χ1) is 16.9. The Balaban J connectivity index is 1.50. The van der Waals surface area contributed by atoms with Gasteiger partial charge >= 0.3 is 5.97 Å². The van der Waals surface area contributed by atoms with Gasteiger partial charge in [-0.3, -0.25) is 9.59 Å². The second-order valence-electron chi connectivity index (χ2n) is 7.78. The molecular formula is C27H23NO7. The number of phenols is 1. The zero-order chi connectivity index (χ0) is 24.8. The fraction of sp³-hybridized carbons (Fsp3) is 0.148. The lowest BCUT2D eigenvalue weighted by Crippen LogP contribution is -2.44. The number of aromatic hydroxyl groups is 1. The third kappa shape index (κ3) is 5.67. The Morgan fingerprint density at radius 3 is 2.37 bits per heavy atom. The highest BCUT2D eigenvalue weighted by atomic mass is 16.5. The molecule has 8 heteroatoms. The maximum Gasteiger partial charge on any atom is 0.328 e. The lowest BCUT2D eigenvalue weighted by Gasteiger charge is -2.17. The zero-order valence-electron chi connectivity index (χ0n) is 18.9. The molecule has 0 saturated heterocycles. The number of phenolic OH excluding ortho intramolecular Hbond substituents is 1. The van der Waals surface area contributed by atoms with Gasteiger partial charge in [-0.15, -0.1) is 0 Å². The van der Waals surface area contributed by atoms with E-state index >= 15 is 0 Å². The molecule has 1 atom stereocenters. The Hall–Kier alpha value is -4.59. The number of nitrogens with one attached hydrogen (secondary N) is 1. The number of esters is 1. The number of ether oxygens (including phenoxy) is 2. The summed E-state index contributed by atoms with van der Waals surface area (Å²) < 4.78 is 16.2. The average Bonchev–Trinajstić information content (AvgIpc) is 2.87. The number of amides is 1. The van der Waals surface area contributed by atoms with Crippen molar-refractivity contribution < 1.29 is 28.6 Å². The summed E-state index contributed by atoms with van der Waals surface area (Å²) in [5, 5.41) is 13.0. The van der Waals surface area contributed by atoms with Gasteiger partial charge in [0.05, 0.1) is 7.11 Å². The molecule has 4 aromatic rings. The molecule has 178 valence electrons. The second kappa shape index (κ2) is 10.6. The van der Waals surface area contributed by atoms with Gasteiger partial charge in [-0.2, -0.15) is 0 Å². The van der Waals surface area contributed by atoms with Crippen molar-refractivity contribution in [3.63, 3.8) is 0 Å². The number of methoxy groups -OCH3 is 1. The van der Waals surface area contributed by atoms with Crippen LogP contribution < -0.4 is 15.5 Å². The van der Waals surface area contributed by atoms with Crippen LogP contribution in [0.25, 0.3) is 22.3 Å². The Kier molecular flexibility index (Phi) is 7.11. The Morgan fingerprint density at radius 1 is 1.00 bits per heavy atom. The van der Waals surface area contributed by atoms with E-state index < -0.39 is 30.0 Å². The number of carbonyl (C=O) groups excluding carboxylic acids is 2. The van der Waals surface area contributed by atoms with Crippen molar-refractivity contribution in [3.05, 3.63) is 94.6 Å². The number of rotatable bonds is 8. The third-order valence-electron chi connectivity index (χ3n) is 5.32. The Labute approximate surface area is 200 Å². The first-order valence-electron chi connectivity index (χ1n) is 10.8. The van der Waals surface area contributed by atoms with Gasteiger partial charge in [-0.05, 0) is 5.56 Å². The lowest BCUT2D eigenvalue weighted by molar-refractivity contribution is -0.145. The molecule has 35 heavy (non-hydrogen) atoms. The van der Waals surface area contributed by atoms with E-state index in [0.29, 0.717) is 11.3 Å². The highest BCUT2D eigenvalue weighted by molar-refractivity contribution is 5.87. The summed E-state index contributed by atoms with van der Waals surface area (Å²) >= 11 is 0. The fourth-order valence-electron chi connectivity index (χ4n) is 3.64. The zero-order valence-corrected chi connectivity index (χ0v) is 18.9. The van der Waals surface area contributed by atoms with Crippen LogP contribution in [0.2, 0.25) is 0 Å².